The predicted molar refractivity (Wildman–Crippen MR) is 196 cm³/mol. The second kappa shape index (κ2) is 14.3. The molecule has 14 heteroatoms. The molecule has 2 aromatic carbocycles. The highest BCUT2D eigenvalue weighted by atomic mass is 28.4. The molecule has 3 heterocycles. The van der Waals surface area contributed by atoms with Crippen LogP contribution in [0.4, 0.5) is 42.2 Å². The van der Waals surface area contributed by atoms with Crippen LogP contribution in [-0.4, -0.2) is 69.5 Å². The van der Waals surface area contributed by atoms with E-state index in [9.17, 15) is 35.5 Å². The van der Waals surface area contributed by atoms with Crippen molar-refractivity contribution in [2.75, 3.05) is 43.1 Å². The zero-order valence-electron chi connectivity index (χ0n) is 31.8. The molecule has 0 N–H and O–H groups in total. The lowest BCUT2D eigenvalue weighted by Crippen LogP contribution is -2.60. The first-order valence-corrected chi connectivity index (χ1v) is 20.7. The van der Waals surface area contributed by atoms with Crippen molar-refractivity contribution in [3.8, 4) is 11.1 Å². The lowest BCUT2D eigenvalue weighted by atomic mass is 9.81. The van der Waals surface area contributed by atoms with Crippen molar-refractivity contribution in [2.24, 2.45) is 0 Å². The normalized spacial score (nSPS) is 19.1. The molecule has 0 aliphatic carbocycles. The number of carbonyl (C=O) groups is 1. The molecule has 2 fully saturated rings. The largest absolute Gasteiger partial charge is 0.416 e. The third-order valence-corrected chi connectivity index (χ3v) is 16.0. The van der Waals surface area contributed by atoms with Crippen molar-refractivity contribution < 1.29 is 40.0 Å². The monoisotopic (exact) mass is 766 g/mol. The Labute approximate surface area is 308 Å². The summed E-state index contributed by atoms with van der Waals surface area (Å²) in [6.07, 6.45) is -6.58. The van der Waals surface area contributed by atoms with E-state index < -0.39 is 54.5 Å². The van der Waals surface area contributed by atoms with Crippen LogP contribution in [0.25, 0.3) is 11.1 Å². The fraction of sp³-hybridized carbons (Fsp3) is 0.538. The molecule has 53 heavy (non-hydrogen) atoms. The van der Waals surface area contributed by atoms with Gasteiger partial charge in [-0.1, -0.05) is 26.8 Å². The van der Waals surface area contributed by atoms with Crippen LogP contribution in [0.1, 0.15) is 69.7 Å². The van der Waals surface area contributed by atoms with Crippen molar-refractivity contribution in [1.29, 1.82) is 0 Å². The summed E-state index contributed by atoms with van der Waals surface area (Å²) in [5, 5.41) is 0.00229. The topological polar surface area (TPSA) is 48.9 Å². The van der Waals surface area contributed by atoms with Gasteiger partial charge in [0.05, 0.1) is 41.1 Å². The molecule has 0 saturated carbocycles. The number of benzene rings is 2. The summed E-state index contributed by atoms with van der Waals surface area (Å²) in [5.41, 5.74) is -3.36. The number of carbonyl (C=O) groups excluding carboxylic acids is 1. The van der Waals surface area contributed by atoms with E-state index >= 15 is 0 Å². The number of rotatable bonds is 8. The van der Waals surface area contributed by atoms with Gasteiger partial charge in [-0.15, -0.1) is 0 Å². The van der Waals surface area contributed by atoms with Gasteiger partial charge < -0.3 is 14.2 Å². The van der Waals surface area contributed by atoms with Crippen LogP contribution in [0.5, 0.6) is 0 Å². The Balaban J connectivity index is 1.59. The fourth-order valence-corrected chi connectivity index (χ4v) is 8.17. The van der Waals surface area contributed by atoms with E-state index in [1.807, 2.05) is 6.07 Å². The number of amides is 1. The van der Waals surface area contributed by atoms with E-state index in [1.54, 1.807) is 13.0 Å². The summed E-state index contributed by atoms with van der Waals surface area (Å²) in [6.45, 7) is 18.3. The SMILES string of the molecule is Cc1cc(F)ccc1-c1cc(N2CCN3CCCC3C2CO[Si](C)(C)C(C)(C)C)ncc1N(C)C(=O)C(C)(C)c1cc(C(F)(F)F)cc(C(F)(F)F)c1. The number of aromatic nitrogens is 1. The van der Waals surface area contributed by atoms with Gasteiger partial charge in [0.2, 0.25) is 5.91 Å². The van der Waals surface area contributed by atoms with Gasteiger partial charge in [0.15, 0.2) is 8.32 Å². The van der Waals surface area contributed by atoms with Crippen LogP contribution in [0.3, 0.4) is 0 Å². The summed E-state index contributed by atoms with van der Waals surface area (Å²) in [5.74, 6) is -0.603. The molecule has 0 bridgehead atoms. The number of alkyl halides is 6. The first-order valence-electron chi connectivity index (χ1n) is 17.8. The molecule has 1 aromatic heterocycles. The minimum absolute atomic E-state index is 0.00229. The highest BCUT2D eigenvalue weighted by Crippen LogP contribution is 2.43. The van der Waals surface area contributed by atoms with Crippen LogP contribution < -0.4 is 9.80 Å². The Morgan fingerprint density at radius 1 is 0.887 bits per heavy atom. The smallest absolute Gasteiger partial charge is 0.415 e. The van der Waals surface area contributed by atoms with Gasteiger partial charge in [0.1, 0.15) is 11.6 Å². The number of hydrogen-bond donors (Lipinski definition) is 0. The van der Waals surface area contributed by atoms with Crippen molar-refractivity contribution in [1.82, 2.24) is 9.88 Å². The molecule has 3 aromatic rings. The van der Waals surface area contributed by atoms with E-state index in [0.29, 0.717) is 47.8 Å². The van der Waals surface area contributed by atoms with Crippen LogP contribution in [0, 0.1) is 12.7 Å². The van der Waals surface area contributed by atoms with Crippen LogP contribution in [0.2, 0.25) is 18.1 Å². The van der Waals surface area contributed by atoms with E-state index in [-0.39, 0.29) is 28.9 Å². The molecule has 2 aliphatic rings. The standard InChI is InChI=1S/C39H49F7N4O2Si/c1-24-17-28(40)12-13-29(24)30-21-34(50-16-15-49-14-10-11-31(49)33(50)23-52-53(8,9)36(2,3)4)47-22-32(30)48(7)35(51)37(5,6)25-18-26(38(41,42)43)20-27(19-25)39(44,45)46/h12-13,17-22,31,33H,10-11,14-16,23H2,1-9H3. The maximum atomic E-state index is 14.4. The van der Waals surface area contributed by atoms with Crippen molar-refractivity contribution in [3.05, 3.63) is 76.7 Å². The van der Waals surface area contributed by atoms with E-state index in [1.165, 1.54) is 44.1 Å². The molecule has 2 saturated heterocycles. The molecule has 290 valence electrons. The molecule has 0 spiro atoms. The van der Waals surface area contributed by atoms with Gasteiger partial charge in [-0.3, -0.25) is 9.69 Å². The van der Waals surface area contributed by atoms with Gasteiger partial charge in [0.25, 0.3) is 0 Å². The van der Waals surface area contributed by atoms with Crippen molar-refractivity contribution in [3.63, 3.8) is 0 Å². The lowest BCUT2D eigenvalue weighted by Gasteiger charge is -2.47. The zero-order chi connectivity index (χ0) is 39.5. The molecule has 2 aliphatic heterocycles. The Morgan fingerprint density at radius 3 is 2.06 bits per heavy atom. The number of halogens is 7. The first-order chi connectivity index (χ1) is 24.3. The van der Waals surface area contributed by atoms with Crippen LogP contribution in [-0.2, 0) is 27.0 Å². The van der Waals surface area contributed by atoms with Crippen molar-refractivity contribution in [2.45, 2.75) is 102 Å². The zero-order valence-corrected chi connectivity index (χ0v) is 32.8. The van der Waals surface area contributed by atoms with E-state index in [4.69, 9.17) is 9.41 Å². The summed E-state index contributed by atoms with van der Waals surface area (Å²) >= 11 is 0. The quantitative estimate of drug-likeness (QED) is 0.169. The lowest BCUT2D eigenvalue weighted by molar-refractivity contribution is -0.143. The summed E-state index contributed by atoms with van der Waals surface area (Å²) in [4.78, 5) is 25.0. The van der Waals surface area contributed by atoms with E-state index in [0.717, 1.165) is 25.9 Å². The number of anilines is 2. The average Bonchev–Trinajstić information content (AvgIpc) is 3.54. The number of likely N-dealkylation sites (N-methyl/N-ethyl adjacent to an activating group) is 1. The van der Waals surface area contributed by atoms with Crippen molar-refractivity contribution >= 4 is 25.7 Å². The average molecular weight is 767 g/mol. The predicted octanol–water partition coefficient (Wildman–Crippen LogP) is 9.85. The van der Waals surface area contributed by atoms with Crippen LogP contribution in [0.15, 0.2) is 48.7 Å². The Kier molecular flexibility index (Phi) is 11.0. The number of piperazine rings is 1. The minimum Gasteiger partial charge on any atom is -0.415 e. The number of hydrogen-bond acceptors (Lipinski definition) is 5. The third-order valence-electron chi connectivity index (χ3n) is 11.5. The third kappa shape index (κ3) is 8.29. The second-order valence-corrected chi connectivity index (χ2v) is 21.2. The highest BCUT2D eigenvalue weighted by Gasteiger charge is 2.44. The fourth-order valence-electron chi connectivity index (χ4n) is 7.15. The molecular formula is C39H49F7N4O2Si. The van der Waals surface area contributed by atoms with Gasteiger partial charge in [0, 0.05) is 31.7 Å². The van der Waals surface area contributed by atoms with E-state index in [2.05, 4.69) is 43.7 Å². The molecule has 0 radical (unpaired) electrons. The van der Waals surface area contributed by atoms with Gasteiger partial charge in [-0.25, -0.2) is 9.37 Å². The molecule has 1 amide bonds. The first kappa shape index (κ1) is 40.7. The summed E-state index contributed by atoms with van der Waals surface area (Å²) < 4.78 is 104. The van der Waals surface area contributed by atoms with Gasteiger partial charge in [-0.05, 0) is 111 Å². The number of fused-ring (bicyclic) bond motifs is 1. The molecule has 2 atom stereocenters. The Hall–Kier alpha value is -3.49. The summed E-state index contributed by atoms with van der Waals surface area (Å²) in [6, 6.07) is 7.51. The maximum Gasteiger partial charge on any atom is 0.416 e. The molecule has 2 unspecified atom stereocenters. The number of aryl methyl sites for hydroxylation is 1. The maximum absolute atomic E-state index is 14.4. The second-order valence-electron chi connectivity index (χ2n) is 16.4. The molecule has 6 nitrogen and oxygen atoms in total. The molecular weight excluding hydrogens is 718 g/mol. The van der Waals surface area contributed by atoms with Crippen LogP contribution >= 0.6 is 0 Å². The summed E-state index contributed by atoms with van der Waals surface area (Å²) in [7, 11) is -0.709. The number of pyridine rings is 1. The van der Waals surface area contributed by atoms with Gasteiger partial charge >= 0.3 is 12.4 Å². The Bertz CT molecular complexity index is 1810. The number of nitrogens with zero attached hydrogens (tertiary/aromatic N) is 4. The minimum atomic E-state index is -5.08. The highest BCUT2D eigenvalue weighted by molar-refractivity contribution is 6.74. The Morgan fingerprint density at radius 2 is 1.49 bits per heavy atom. The molecule has 5 rings (SSSR count). The van der Waals surface area contributed by atoms with Gasteiger partial charge in [-0.2, -0.15) is 26.3 Å².